The molecule has 2 unspecified atom stereocenters. The van der Waals surface area contributed by atoms with Gasteiger partial charge >= 0.3 is 21.2 Å². The third-order valence-corrected chi connectivity index (χ3v) is 13.6. The maximum Gasteiger partial charge on any atom is 0.351 e. The summed E-state index contributed by atoms with van der Waals surface area (Å²) in [6.07, 6.45) is 0.871. The van der Waals surface area contributed by atoms with E-state index in [4.69, 9.17) is 17.7 Å². The zero-order chi connectivity index (χ0) is 24.8. The second kappa shape index (κ2) is 11.2. The predicted octanol–water partition coefficient (Wildman–Crippen LogP) is 3.98. The molecule has 0 spiro atoms. The van der Waals surface area contributed by atoms with Crippen LogP contribution in [0.15, 0.2) is 24.3 Å². The van der Waals surface area contributed by atoms with Crippen LogP contribution in [0.5, 0.6) is 0 Å². The monoisotopic (exact) mass is 490 g/mol. The van der Waals surface area contributed by atoms with Crippen LogP contribution in [-0.2, 0) is 27.3 Å². The van der Waals surface area contributed by atoms with Crippen LogP contribution in [0, 0.1) is 0 Å². The first-order chi connectivity index (χ1) is 13.8. The first-order valence-corrected chi connectivity index (χ1v) is 18.9. The van der Waals surface area contributed by atoms with Crippen LogP contribution in [0.25, 0.3) is 0 Å². The van der Waals surface area contributed by atoms with Crippen LogP contribution < -0.4 is 0 Å². The van der Waals surface area contributed by atoms with Gasteiger partial charge in [0.05, 0.1) is 6.61 Å². The molecule has 0 heterocycles. The van der Waals surface area contributed by atoms with Crippen molar-refractivity contribution < 1.29 is 32.4 Å². The van der Waals surface area contributed by atoms with Crippen molar-refractivity contribution in [3.8, 4) is 0 Å². The third-order valence-electron chi connectivity index (χ3n) is 4.41. The molecule has 0 bridgehead atoms. The van der Waals surface area contributed by atoms with E-state index in [1.807, 2.05) is 46.2 Å². The van der Waals surface area contributed by atoms with Gasteiger partial charge in [0.15, 0.2) is 27.5 Å². The maximum atomic E-state index is 12.8. The van der Waals surface area contributed by atoms with E-state index < -0.39 is 55.3 Å². The Bertz CT molecular complexity index is 665. The summed E-state index contributed by atoms with van der Waals surface area (Å²) in [5, 5.41) is 9.01. The van der Waals surface area contributed by atoms with Crippen LogP contribution in [0.2, 0.25) is 39.3 Å². The van der Waals surface area contributed by atoms with Crippen molar-refractivity contribution in [2.24, 2.45) is 0 Å². The molecule has 0 aliphatic rings. The smallest absolute Gasteiger partial charge is 0.351 e. The molecule has 31 heavy (non-hydrogen) atoms. The zero-order valence-corrected chi connectivity index (χ0v) is 24.2. The first-order valence-electron chi connectivity index (χ1n) is 10.6. The van der Waals surface area contributed by atoms with E-state index in [2.05, 4.69) is 13.2 Å². The van der Waals surface area contributed by atoms with E-state index in [0.717, 1.165) is 0 Å². The highest BCUT2D eigenvalue weighted by molar-refractivity contribution is 6.81. The van der Waals surface area contributed by atoms with Gasteiger partial charge in [-0.05, 0) is 66.5 Å². The summed E-state index contributed by atoms with van der Waals surface area (Å²) in [6.45, 7) is 25.4. The Balaban J connectivity index is 7.00. The molecule has 0 amide bonds. The number of aliphatic hydroxyl groups excluding tert-OH is 1. The normalized spacial score (nSPS) is 16.3. The van der Waals surface area contributed by atoms with Gasteiger partial charge in [0, 0.05) is 11.1 Å². The molecule has 0 aromatic carbocycles. The molecular weight excluding hydrogens is 448 g/mol. The minimum Gasteiger partial charge on any atom is -0.450 e. The molecule has 0 aromatic rings. The molecule has 180 valence electrons. The number of esters is 2. The fourth-order valence-corrected chi connectivity index (χ4v) is 11.5. The van der Waals surface area contributed by atoms with Crippen molar-refractivity contribution in [1.82, 2.24) is 0 Å². The summed E-state index contributed by atoms with van der Waals surface area (Å²) in [5.41, 5.74) is -1.23. The van der Waals surface area contributed by atoms with Crippen molar-refractivity contribution in [3.05, 3.63) is 24.3 Å². The van der Waals surface area contributed by atoms with E-state index in [1.165, 1.54) is 6.92 Å². The van der Waals surface area contributed by atoms with Crippen molar-refractivity contribution in [3.63, 3.8) is 0 Å². The standard InChI is InChI=1S/C21H42O7Si3/c1-13-14-21(26-19(24)17(4)5,20(6,15-22)25-18(23)16(2)3)29(27-30(7,8)9)28-31(10,11)12/h22,29H,2,4,13-15H2,1,3,5-12H3. The van der Waals surface area contributed by atoms with E-state index in [-0.39, 0.29) is 11.1 Å². The number of hydrogen-bond donors (Lipinski definition) is 1. The van der Waals surface area contributed by atoms with Gasteiger partial charge < -0.3 is 22.8 Å². The lowest BCUT2D eigenvalue weighted by Gasteiger charge is -2.50. The van der Waals surface area contributed by atoms with Crippen molar-refractivity contribution in [2.45, 2.75) is 90.6 Å². The Morgan fingerprint density at radius 2 is 1.29 bits per heavy atom. The Morgan fingerprint density at radius 1 is 0.903 bits per heavy atom. The Kier molecular flexibility index (Phi) is 10.8. The highest BCUT2D eigenvalue weighted by Crippen LogP contribution is 2.40. The van der Waals surface area contributed by atoms with Crippen molar-refractivity contribution >= 4 is 37.9 Å². The van der Waals surface area contributed by atoms with Gasteiger partial charge in [-0.25, -0.2) is 9.59 Å². The maximum absolute atomic E-state index is 12.8. The summed E-state index contributed by atoms with van der Waals surface area (Å²) in [7, 11) is -7.28. The minimum absolute atomic E-state index is 0.173. The zero-order valence-electron chi connectivity index (χ0n) is 21.0. The lowest BCUT2D eigenvalue weighted by molar-refractivity contribution is -0.201. The molecule has 0 radical (unpaired) electrons. The largest absolute Gasteiger partial charge is 0.450 e. The van der Waals surface area contributed by atoms with Gasteiger partial charge in [-0.2, -0.15) is 0 Å². The highest BCUT2D eigenvalue weighted by Gasteiger charge is 2.63. The molecule has 0 saturated heterocycles. The number of carbonyl (C=O) groups excluding carboxylic acids is 2. The quantitative estimate of drug-likeness (QED) is 0.237. The summed E-state index contributed by atoms with van der Waals surface area (Å²) in [4.78, 5) is 25.4. The summed E-state index contributed by atoms with van der Waals surface area (Å²) in [5.74, 6) is -1.33. The molecule has 0 fully saturated rings. The Morgan fingerprint density at radius 3 is 1.58 bits per heavy atom. The topological polar surface area (TPSA) is 91.3 Å². The molecular formula is C21H42O7Si3. The summed E-state index contributed by atoms with van der Waals surface area (Å²) in [6, 6.07) is 0. The Labute approximate surface area is 191 Å². The van der Waals surface area contributed by atoms with Crippen LogP contribution in [0.4, 0.5) is 0 Å². The number of hydrogen-bond acceptors (Lipinski definition) is 7. The van der Waals surface area contributed by atoms with Gasteiger partial charge in [-0.1, -0.05) is 26.5 Å². The van der Waals surface area contributed by atoms with Crippen LogP contribution in [0.1, 0.15) is 40.5 Å². The fraction of sp³-hybridized carbons (Fsp3) is 0.714. The minimum atomic E-state index is -2.91. The summed E-state index contributed by atoms with van der Waals surface area (Å²) >= 11 is 0. The number of carbonyl (C=O) groups is 2. The Hall–Kier alpha value is -1.05. The average molecular weight is 491 g/mol. The molecule has 0 aliphatic heterocycles. The van der Waals surface area contributed by atoms with Crippen LogP contribution >= 0.6 is 0 Å². The third kappa shape index (κ3) is 8.78. The molecule has 0 aromatic heterocycles. The lowest BCUT2D eigenvalue weighted by Crippen LogP contribution is -2.71. The lowest BCUT2D eigenvalue weighted by atomic mass is 9.94. The van der Waals surface area contributed by atoms with E-state index in [9.17, 15) is 14.7 Å². The van der Waals surface area contributed by atoms with E-state index in [1.54, 1.807) is 13.8 Å². The first kappa shape index (κ1) is 30.0. The SMILES string of the molecule is C=C(C)C(=O)OC(C)(CO)C(CCC)(OC(=O)C(=C)C)[SiH](O[Si](C)(C)C)O[Si](C)(C)C. The molecule has 0 aliphatic carbocycles. The number of ether oxygens (including phenoxy) is 2. The van der Waals surface area contributed by atoms with Gasteiger partial charge in [-0.15, -0.1) is 0 Å². The molecule has 0 rings (SSSR count). The fourth-order valence-electron chi connectivity index (χ4n) is 2.86. The van der Waals surface area contributed by atoms with Gasteiger partial charge in [0.25, 0.3) is 0 Å². The molecule has 0 saturated carbocycles. The second-order valence-corrected chi connectivity index (χ2v) is 22.1. The predicted molar refractivity (Wildman–Crippen MR) is 131 cm³/mol. The van der Waals surface area contributed by atoms with Crippen LogP contribution in [-0.4, -0.2) is 60.4 Å². The summed E-state index contributed by atoms with van der Waals surface area (Å²) < 4.78 is 25.0. The number of rotatable bonds is 13. The van der Waals surface area contributed by atoms with Crippen molar-refractivity contribution in [1.29, 1.82) is 0 Å². The van der Waals surface area contributed by atoms with Crippen molar-refractivity contribution in [2.75, 3.05) is 6.61 Å². The highest BCUT2D eigenvalue weighted by atomic mass is 28.4. The van der Waals surface area contributed by atoms with E-state index >= 15 is 0 Å². The van der Waals surface area contributed by atoms with Gasteiger partial charge in [0.1, 0.15) is 0 Å². The number of aliphatic hydroxyl groups is 1. The van der Waals surface area contributed by atoms with Gasteiger partial charge in [-0.3, -0.25) is 0 Å². The molecule has 2 atom stereocenters. The second-order valence-electron chi connectivity index (χ2n) is 10.2. The average Bonchev–Trinajstić information content (AvgIpc) is 2.57. The molecule has 7 nitrogen and oxygen atoms in total. The van der Waals surface area contributed by atoms with E-state index in [0.29, 0.717) is 12.8 Å². The van der Waals surface area contributed by atoms with Gasteiger partial charge in [0.2, 0.25) is 0 Å². The molecule has 1 N–H and O–H groups in total. The van der Waals surface area contributed by atoms with Crippen LogP contribution in [0.3, 0.4) is 0 Å². The molecule has 10 heteroatoms.